The maximum Gasteiger partial charge on any atom is 0.214 e. The first-order chi connectivity index (χ1) is 12.6. The standard InChI is InChI=1S/C21H28N2O2S/c1-2-3-18-26(24,25)23-16-14-22(15-17-23)21(19-10-6-4-7-11-19)20-12-8-5-9-13-20/h4-13,21H,2-3,14-18H2,1H3. The Balaban J connectivity index is 1.76. The van der Waals surface area contributed by atoms with E-state index in [9.17, 15) is 8.42 Å². The molecule has 1 saturated heterocycles. The Bertz CT molecular complexity index is 731. The van der Waals surface area contributed by atoms with Crippen molar-refractivity contribution in [2.45, 2.75) is 25.8 Å². The lowest BCUT2D eigenvalue weighted by atomic mass is 9.96. The monoisotopic (exact) mass is 372 g/mol. The van der Waals surface area contributed by atoms with E-state index >= 15 is 0 Å². The van der Waals surface area contributed by atoms with E-state index in [0.29, 0.717) is 13.1 Å². The molecular weight excluding hydrogens is 344 g/mol. The number of sulfonamides is 1. The van der Waals surface area contributed by atoms with Gasteiger partial charge in [0.05, 0.1) is 11.8 Å². The smallest absolute Gasteiger partial charge is 0.214 e. The fourth-order valence-corrected chi connectivity index (χ4v) is 5.21. The average molecular weight is 373 g/mol. The molecule has 26 heavy (non-hydrogen) atoms. The summed E-state index contributed by atoms with van der Waals surface area (Å²) >= 11 is 0. The molecule has 0 bridgehead atoms. The fourth-order valence-electron chi connectivity index (χ4n) is 3.58. The second-order valence-corrected chi connectivity index (χ2v) is 8.92. The molecule has 1 heterocycles. The zero-order chi connectivity index (χ0) is 18.4. The van der Waals surface area contributed by atoms with Crippen LogP contribution in [0, 0.1) is 0 Å². The normalized spacial score (nSPS) is 16.8. The molecule has 1 aliphatic rings. The van der Waals surface area contributed by atoms with Gasteiger partial charge in [-0.1, -0.05) is 74.0 Å². The lowest BCUT2D eigenvalue weighted by Crippen LogP contribution is -2.50. The van der Waals surface area contributed by atoms with E-state index in [1.54, 1.807) is 4.31 Å². The van der Waals surface area contributed by atoms with E-state index in [1.165, 1.54) is 11.1 Å². The molecule has 1 fully saturated rings. The van der Waals surface area contributed by atoms with Gasteiger partial charge in [-0.2, -0.15) is 4.31 Å². The van der Waals surface area contributed by atoms with Gasteiger partial charge in [-0.3, -0.25) is 4.90 Å². The van der Waals surface area contributed by atoms with Crippen molar-refractivity contribution < 1.29 is 8.42 Å². The molecule has 1 aliphatic heterocycles. The Hall–Kier alpha value is -1.69. The van der Waals surface area contributed by atoms with Gasteiger partial charge >= 0.3 is 0 Å². The highest BCUT2D eigenvalue weighted by Gasteiger charge is 2.30. The van der Waals surface area contributed by atoms with Crippen molar-refractivity contribution in [1.82, 2.24) is 9.21 Å². The summed E-state index contributed by atoms with van der Waals surface area (Å²) in [5.74, 6) is 0.268. The van der Waals surface area contributed by atoms with Gasteiger partial charge in [0.2, 0.25) is 10.0 Å². The zero-order valence-electron chi connectivity index (χ0n) is 15.4. The van der Waals surface area contributed by atoms with Crippen molar-refractivity contribution in [1.29, 1.82) is 0 Å². The molecular formula is C21H28N2O2S. The van der Waals surface area contributed by atoms with Crippen molar-refractivity contribution in [2.75, 3.05) is 31.9 Å². The van der Waals surface area contributed by atoms with Crippen LogP contribution in [0.15, 0.2) is 60.7 Å². The van der Waals surface area contributed by atoms with E-state index < -0.39 is 10.0 Å². The number of benzene rings is 2. The van der Waals surface area contributed by atoms with Crippen molar-refractivity contribution >= 4 is 10.0 Å². The second-order valence-electron chi connectivity index (χ2n) is 6.83. The Morgan fingerprint density at radius 3 is 1.81 bits per heavy atom. The molecule has 0 aliphatic carbocycles. The summed E-state index contributed by atoms with van der Waals surface area (Å²) in [6.45, 7) is 4.67. The molecule has 140 valence electrons. The van der Waals surface area contributed by atoms with Gasteiger partial charge < -0.3 is 0 Å². The van der Waals surface area contributed by atoms with Crippen LogP contribution < -0.4 is 0 Å². The molecule has 0 radical (unpaired) electrons. The zero-order valence-corrected chi connectivity index (χ0v) is 16.2. The molecule has 0 aromatic heterocycles. The van der Waals surface area contributed by atoms with Gasteiger partial charge in [-0.25, -0.2) is 8.42 Å². The Labute approximate surface area is 157 Å². The van der Waals surface area contributed by atoms with Gasteiger partial charge in [0.1, 0.15) is 0 Å². The highest BCUT2D eigenvalue weighted by Crippen LogP contribution is 2.29. The van der Waals surface area contributed by atoms with E-state index in [0.717, 1.165) is 25.9 Å². The number of nitrogens with zero attached hydrogens (tertiary/aromatic N) is 2. The van der Waals surface area contributed by atoms with Gasteiger partial charge in [0.25, 0.3) is 0 Å². The van der Waals surface area contributed by atoms with Gasteiger partial charge in [0, 0.05) is 26.2 Å². The van der Waals surface area contributed by atoms with E-state index in [-0.39, 0.29) is 11.8 Å². The van der Waals surface area contributed by atoms with E-state index in [2.05, 4.69) is 53.4 Å². The number of rotatable bonds is 7. The second kappa shape index (κ2) is 8.80. The lowest BCUT2D eigenvalue weighted by Gasteiger charge is -2.39. The van der Waals surface area contributed by atoms with Crippen molar-refractivity contribution in [3.05, 3.63) is 71.8 Å². The highest BCUT2D eigenvalue weighted by atomic mass is 32.2. The minimum absolute atomic E-state index is 0.165. The van der Waals surface area contributed by atoms with Gasteiger partial charge in [-0.15, -0.1) is 0 Å². The minimum atomic E-state index is -3.12. The third kappa shape index (κ3) is 4.53. The predicted octanol–water partition coefficient (Wildman–Crippen LogP) is 3.52. The van der Waals surface area contributed by atoms with Crippen molar-refractivity contribution in [2.24, 2.45) is 0 Å². The number of hydrogen-bond donors (Lipinski definition) is 0. The van der Waals surface area contributed by atoms with Crippen LogP contribution in [0.25, 0.3) is 0 Å². The lowest BCUT2D eigenvalue weighted by molar-refractivity contribution is 0.156. The van der Waals surface area contributed by atoms with Crippen LogP contribution in [0.4, 0.5) is 0 Å². The van der Waals surface area contributed by atoms with Gasteiger partial charge in [-0.05, 0) is 17.5 Å². The SMILES string of the molecule is CCCCS(=O)(=O)N1CCN(C(c2ccccc2)c2ccccc2)CC1. The van der Waals surface area contributed by atoms with Crippen molar-refractivity contribution in [3.63, 3.8) is 0 Å². The van der Waals surface area contributed by atoms with E-state index in [1.807, 2.05) is 19.1 Å². The van der Waals surface area contributed by atoms with Crippen molar-refractivity contribution in [3.8, 4) is 0 Å². The molecule has 0 spiro atoms. The molecule has 2 aromatic rings. The maximum atomic E-state index is 12.5. The molecule has 0 saturated carbocycles. The quantitative estimate of drug-likeness (QED) is 0.747. The first kappa shape index (κ1) is 19.1. The summed E-state index contributed by atoms with van der Waals surface area (Å²) in [5, 5.41) is 0. The molecule has 2 aromatic carbocycles. The first-order valence-corrected chi connectivity index (χ1v) is 11.0. The third-order valence-corrected chi connectivity index (χ3v) is 6.97. The molecule has 0 N–H and O–H groups in total. The van der Waals surface area contributed by atoms with E-state index in [4.69, 9.17) is 0 Å². The topological polar surface area (TPSA) is 40.6 Å². The molecule has 3 rings (SSSR count). The Morgan fingerprint density at radius 1 is 0.846 bits per heavy atom. The van der Waals surface area contributed by atoms with Crippen LogP contribution in [0.2, 0.25) is 0 Å². The maximum absolute atomic E-state index is 12.5. The summed E-state index contributed by atoms with van der Waals surface area (Å²) < 4.78 is 26.6. The molecule has 0 atom stereocenters. The number of hydrogen-bond acceptors (Lipinski definition) is 3. The fraction of sp³-hybridized carbons (Fsp3) is 0.429. The largest absolute Gasteiger partial charge is 0.290 e. The molecule has 4 nitrogen and oxygen atoms in total. The Morgan fingerprint density at radius 2 is 1.35 bits per heavy atom. The predicted molar refractivity (Wildman–Crippen MR) is 107 cm³/mol. The third-order valence-electron chi connectivity index (χ3n) is 5.02. The molecule has 0 amide bonds. The summed E-state index contributed by atoms with van der Waals surface area (Å²) in [7, 11) is -3.12. The Kier molecular flexibility index (Phi) is 6.46. The molecule has 5 heteroatoms. The summed E-state index contributed by atoms with van der Waals surface area (Å²) in [6.07, 6.45) is 1.64. The summed E-state index contributed by atoms with van der Waals surface area (Å²) in [5.41, 5.74) is 2.50. The molecule has 0 unspecified atom stereocenters. The van der Waals surface area contributed by atoms with Crippen LogP contribution in [-0.2, 0) is 10.0 Å². The van der Waals surface area contributed by atoms with Crippen LogP contribution in [0.3, 0.4) is 0 Å². The average Bonchev–Trinajstić information content (AvgIpc) is 2.69. The van der Waals surface area contributed by atoms with Gasteiger partial charge in [0.15, 0.2) is 0 Å². The summed E-state index contributed by atoms with van der Waals surface area (Å²) in [6, 6.07) is 21.1. The van der Waals surface area contributed by atoms with Crippen LogP contribution in [-0.4, -0.2) is 49.6 Å². The number of piperazine rings is 1. The number of unbranched alkanes of at least 4 members (excludes halogenated alkanes) is 1. The van der Waals surface area contributed by atoms with Crippen LogP contribution in [0.5, 0.6) is 0 Å². The van der Waals surface area contributed by atoms with Crippen LogP contribution in [0.1, 0.15) is 36.9 Å². The minimum Gasteiger partial charge on any atom is -0.290 e. The van der Waals surface area contributed by atoms with Crippen LogP contribution >= 0.6 is 0 Å². The first-order valence-electron chi connectivity index (χ1n) is 9.43. The summed E-state index contributed by atoms with van der Waals surface area (Å²) in [4.78, 5) is 2.40. The highest BCUT2D eigenvalue weighted by molar-refractivity contribution is 7.89.